The van der Waals surface area contributed by atoms with Crippen molar-refractivity contribution < 1.29 is 14.3 Å². The number of amides is 1. The molecule has 4 N–H and O–H groups in total. The van der Waals surface area contributed by atoms with Gasteiger partial charge in [-0.05, 0) is 42.9 Å². The van der Waals surface area contributed by atoms with Crippen LogP contribution < -0.4 is 25.6 Å². The molecule has 3 rings (SSSR count). The van der Waals surface area contributed by atoms with Crippen LogP contribution in [0.4, 0.5) is 5.82 Å². The van der Waals surface area contributed by atoms with Gasteiger partial charge >= 0.3 is 0 Å². The highest BCUT2D eigenvalue weighted by atomic mass is 16.5. The van der Waals surface area contributed by atoms with E-state index in [-0.39, 0.29) is 22.6 Å². The standard InChI is InChI=1S/C27H36N6O3/c1-17(28)33-21-16-23(36-6)22(35-5)15-20(21)32-25(24(33)29)30-13-7-8-14-31-26(34)18-9-11-19(12-10-18)27(2,3)4/h9-12,15-16,28-29H,7-8,13-14H2,1-6H3,(H,30,32)(H,31,34). The number of rotatable bonds is 9. The number of carbonyl (C=O) groups is 1. The maximum absolute atomic E-state index is 12.4. The van der Waals surface area contributed by atoms with Gasteiger partial charge in [0.2, 0.25) is 0 Å². The zero-order chi connectivity index (χ0) is 26.5. The second-order valence-electron chi connectivity index (χ2n) is 9.64. The molecule has 0 fully saturated rings. The number of aromatic nitrogens is 2. The van der Waals surface area contributed by atoms with Gasteiger partial charge in [-0.3, -0.25) is 20.2 Å². The van der Waals surface area contributed by atoms with E-state index >= 15 is 0 Å². The van der Waals surface area contributed by atoms with E-state index in [1.165, 1.54) is 10.1 Å². The normalized spacial score (nSPS) is 11.3. The number of benzene rings is 2. The molecule has 2 aromatic carbocycles. The summed E-state index contributed by atoms with van der Waals surface area (Å²) < 4.78 is 12.3. The van der Waals surface area contributed by atoms with Crippen LogP contribution >= 0.6 is 0 Å². The predicted molar refractivity (Wildman–Crippen MR) is 143 cm³/mol. The van der Waals surface area contributed by atoms with Crippen LogP contribution in [0.25, 0.3) is 11.0 Å². The van der Waals surface area contributed by atoms with Crippen LogP contribution in [0.1, 0.15) is 56.5 Å². The predicted octanol–water partition coefficient (Wildman–Crippen LogP) is 4.30. The third-order valence-electron chi connectivity index (χ3n) is 5.93. The van der Waals surface area contributed by atoms with Gasteiger partial charge in [0, 0.05) is 30.8 Å². The summed E-state index contributed by atoms with van der Waals surface area (Å²) in [5.74, 6) is 1.53. The van der Waals surface area contributed by atoms with Crippen LogP contribution in [-0.2, 0) is 5.41 Å². The van der Waals surface area contributed by atoms with Crippen molar-refractivity contribution in [2.75, 3.05) is 32.6 Å². The molecule has 0 atom stereocenters. The van der Waals surface area contributed by atoms with Gasteiger partial charge in [-0.15, -0.1) is 0 Å². The largest absolute Gasteiger partial charge is 0.493 e. The van der Waals surface area contributed by atoms with Gasteiger partial charge in [-0.2, -0.15) is 0 Å². The zero-order valence-corrected chi connectivity index (χ0v) is 21.9. The first-order valence-corrected chi connectivity index (χ1v) is 12.0. The Morgan fingerprint density at radius 2 is 1.64 bits per heavy atom. The molecular formula is C27H36N6O3. The molecule has 0 aliphatic rings. The highest BCUT2D eigenvalue weighted by molar-refractivity contribution is 5.94. The van der Waals surface area contributed by atoms with Gasteiger partial charge in [0.1, 0.15) is 5.84 Å². The minimum absolute atomic E-state index is 0.0520. The molecule has 0 aliphatic carbocycles. The Morgan fingerprint density at radius 1 is 1.03 bits per heavy atom. The molecule has 36 heavy (non-hydrogen) atoms. The first kappa shape index (κ1) is 26.7. The molecule has 0 saturated heterocycles. The van der Waals surface area contributed by atoms with Crippen molar-refractivity contribution in [2.45, 2.75) is 46.0 Å². The van der Waals surface area contributed by atoms with E-state index in [1.54, 1.807) is 33.3 Å². The number of ether oxygens (including phenoxy) is 2. The molecule has 0 unspecified atom stereocenters. The number of nitrogens with zero attached hydrogens (tertiary/aromatic N) is 2. The fraction of sp³-hybridized carbons (Fsp3) is 0.407. The van der Waals surface area contributed by atoms with E-state index in [0.29, 0.717) is 47.0 Å². The van der Waals surface area contributed by atoms with E-state index in [1.807, 2.05) is 24.3 Å². The van der Waals surface area contributed by atoms with Crippen molar-refractivity contribution in [2.24, 2.45) is 0 Å². The molecule has 1 aromatic heterocycles. The molecule has 0 aliphatic heterocycles. The summed E-state index contributed by atoms with van der Waals surface area (Å²) in [5.41, 5.74) is 3.17. The minimum Gasteiger partial charge on any atom is -0.493 e. The van der Waals surface area contributed by atoms with Crippen molar-refractivity contribution >= 4 is 28.6 Å². The maximum atomic E-state index is 12.4. The average Bonchev–Trinajstić information content (AvgIpc) is 2.84. The number of methoxy groups -OCH3 is 2. The molecule has 1 heterocycles. The summed E-state index contributed by atoms with van der Waals surface area (Å²) in [6.07, 6.45) is 1.55. The number of fused-ring (bicyclic) bond motifs is 1. The quantitative estimate of drug-likeness (QED) is 0.201. The SMILES string of the molecule is COc1cc2nc(NCCCCNC(=O)c3ccc(C(C)(C)C)cc3)c(=N)n(C(C)=N)c2cc1OC. The third-order valence-corrected chi connectivity index (χ3v) is 5.93. The van der Waals surface area contributed by atoms with Crippen molar-refractivity contribution in [3.05, 3.63) is 53.0 Å². The lowest BCUT2D eigenvalue weighted by Crippen LogP contribution is -2.29. The minimum atomic E-state index is -0.0834. The van der Waals surface area contributed by atoms with Gasteiger partial charge < -0.3 is 20.1 Å². The summed E-state index contributed by atoms with van der Waals surface area (Å²) in [5, 5.41) is 22.9. The van der Waals surface area contributed by atoms with E-state index in [0.717, 1.165) is 12.8 Å². The maximum Gasteiger partial charge on any atom is 0.251 e. The summed E-state index contributed by atoms with van der Waals surface area (Å²) in [6.45, 7) is 9.19. The van der Waals surface area contributed by atoms with Gasteiger partial charge in [0.25, 0.3) is 5.91 Å². The summed E-state index contributed by atoms with van der Waals surface area (Å²) in [7, 11) is 3.10. The van der Waals surface area contributed by atoms with Gasteiger partial charge in [0.05, 0.1) is 25.3 Å². The zero-order valence-electron chi connectivity index (χ0n) is 21.9. The Bertz CT molecular complexity index is 1310. The van der Waals surface area contributed by atoms with Gasteiger partial charge in [-0.25, -0.2) is 4.98 Å². The number of nitrogens with one attached hydrogen (secondary N) is 4. The number of carbonyl (C=O) groups excluding carboxylic acids is 1. The fourth-order valence-electron chi connectivity index (χ4n) is 3.88. The van der Waals surface area contributed by atoms with Gasteiger partial charge in [0.15, 0.2) is 22.8 Å². The Kier molecular flexibility index (Phi) is 8.34. The molecule has 0 radical (unpaired) electrons. The van der Waals surface area contributed by atoms with Crippen molar-refractivity contribution in [3.8, 4) is 11.5 Å². The Morgan fingerprint density at radius 3 is 2.22 bits per heavy atom. The molecule has 0 spiro atoms. The van der Waals surface area contributed by atoms with Crippen LogP contribution in [0.5, 0.6) is 11.5 Å². The van der Waals surface area contributed by atoms with E-state index in [9.17, 15) is 4.79 Å². The monoisotopic (exact) mass is 492 g/mol. The van der Waals surface area contributed by atoms with E-state index in [2.05, 4.69) is 36.4 Å². The highest BCUT2D eigenvalue weighted by Gasteiger charge is 2.15. The first-order chi connectivity index (χ1) is 17.1. The van der Waals surface area contributed by atoms with Crippen molar-refractivity contribution in [3.63, 3.8) is 0 Å². The molecule has 192 valence electrons. The van der Waals surface area contributed by atoms with Crippen LogP contribution in [-0.4, -0.2) is 48.6 Å². The lowest BCUT2D eigenvalue weighted by atomic mass is 9.87. The third kappa shape index (κ3) is 6.02. The summed E-state index contributed by atoms with van der Waals surface area (Å²) in [6, 6.07) is 11.2. The van der Waals surface area contributed by atoms with Crippen LogP contribution in [0.15, 0.2) is 36.4 Å². The molecule has 1 amide bonds. The second kappa shape index (κ2) is 11.2. The Labute approximate surface area is 211 Å². The molecule has 0 bridgehead atoms. The first-order valence-electron chi connectivity index (χ1n) is 12.0. The lowest BCUT2D eigenvalue weighted by molar-refractivity contribution is 0.0953. The number of unbranched alkanes of at least 4 members (excludes halogenated alkanes) is 1. The van der Waals surface area contributed by atoms with Crippen LogP contribution in [0, 0.1) is 10.8 Å². The average molecular weight is 493 g/mol. The lowest BCUT2D eigenvalue weighted by Gasteiger charge is -2.19. The van der Waals surface area contributed by atoms with Crippen molar-refractivity contribution in [1.29, 1.82) is 10.8 Å². The Hall–Kier alpha value is -3.88. The highest BCUT2D eigenvalue weighted by Crippen LogP contribution is 2.31. The Balaban J connectivity index is 1.60. The van der Waals surface area contributed by atoms with Gasteiger partial charge in [-0.1, -0.05) is 32.9 Å². The smallest absolute Gasteiger partial charge is 0.251 e. The van der Waals surface area contributed by atoms with E-state index in [4.69, 9.17) is 20.3 Å². The molecular weight excluding hydrogens is 456 g/mol. The number of hydrogen-bond acceptors (Lipinski definition) is 7. The van der Waals surface area contributed by atoms with Crippen molar-refractivity contribution in [1.82, 2.24) is 14.9 Å². The molecule has 9 heteroatoms. The topological polar surface area (TPSA) is 125 Å². The number of anilines is 1. The summed E-state index contributed by atoms with van der Waals surface area (Å²) in [4.78, 5) is 17.0. The molecule has 3 aromatic rings. The summed E-state index contributed by atoms with van der Waals surface area (Å²) >= 11 is 0. The van der Waals surface area contributed by atoms with Crippen LogP contribution in [0.3, 0.4) is 0 Å². The second-order valence-corrected chi connectivity index (χ2v) is 9.64. The molecule has 9 nitrogen and oxygen atoms in total. The fourth-order valence-corrected chi connectivity index (χ4v) is 3.88. The molecule has 0 saturated carbocycles. The number of hydrogen-bond donors (Lipinski definition) is 4. The van der Waals surface area contributed by atoms with E-state index < -0.39 is 0 Å². The van der Waals surface area contributed by atoms with Crippen LogP contribution in [0.2, 0.25) is 0 Å².